The molecule has 0 bridgehead atoms. The van der Waals surface area contributed by atoms with Crippen LogP contribution in [0.4, 0.5) is 0 Å². The van der Waals surface area contributed by atoms with Crippen LogP contribution in [0.1, 0.15) is 28.8 Å². The first-order valence-corrected chi connectivity index (χ1v) is 8.12. The number of hydrogen-bond donors (Lipinski definition) is 0. The number of carbonyl (C=O) groups is 1. The third-order valence-electron chi connectivity index (χ3n) is 3.61. The quantitative estimate of drug-likeness (QED) is 0.755. The molecule has 0 N–H and O–H groups in total. The number of hydrogen-bond acceptors (Lipinski definition) is 1. The van der Waals surface area contributed by atoms with Gasteiger partial charge in [-0.3, -0.25) is 4.79 Å². The number of amides is 1. The SMILES string of the molecule is O=C(c1ccc(Br)c(Cl)c1)N(Cc1ccccc1)C1CC1. The lowest BCUT2D eigenvalue weighted by atomic mass is 10.1. The third kappa shape index (κ3) is 3.47. The van der Waals surface area contributed by atoms with Crippen molar-refractivity contribution in [2.75, 3.05) is 0 Å². The zero-order valence-electron chi connectivity index (χ0n) is 11.4. The summed E-state index contributed by atoms with van der Waals surface area (Å²) in [6.07, 6.45) is 2.17. The maximum absolute atomic E-state index is 12.7. The number of benzene rings is 2. The van der Waals surface area contributed by atoms with E-state index in [4.69, 9.17) is 11.6 Å². The molecular weight excluding hydrogens is 350 g/mol. The van der Waals surface area contributed by atoms with Crippen molar-refractivity contribution in [3.63, 3.8) is 0 Å². The lowest BCUT2D eigenvalue weighted by Gasteiger charge is -2.23. The van der Waals surface area contributed by atoms with Gasteiger partial charge in [0, 0.05) is 22.6 Å². The van der Waals surface area contributed by atoms with E-state index in [1.54, 1.807) is 6.07 Å². The van der Waals surface area contributed by atoms with Crippen LogP contribution in [0.15, 0.2) is 53.0 Å². The first-order valence-electron chi connectivity index (χ1n) is 6.95. The highest BCUT2D eigenvalue weighted by atomic mass is 79.9. The summed E-state index contributed by atoms with van der Waals surface area (Å²) in [6.45, 7) is 0.651. The average molecular weight is 365 g/mol. The van der Waals surface area contributed by atoms with Crippen LogP contribution in [0.5, 0.6) is 0 Å². The summed E-state index contributed by atoms with van der Waals surface area (Å²) in [4.78, 5) is 14.7. The van der Waals surface area contributed by atoms with Crippen molar-refractivity contribution in [3.8, 4) is 0 Å². The molecule has 0 saturated heterocycles. The Morgan fingerprint density at radius 1 is 1.19 bits per heavy atom. The lowest BCUT2D eigenvalue weighted by Crippen LogP contribution is -2.32. The summed E-state index contributed by atoms with van der Waals surface area (Å²) in [5, 5.41) is 0.566. The zero-order valence-corrected chi connectivity index (χ0v) is 13.8. The fourth-order valence-electron chi connectivity index (χ4n) is 2.33. The van der Waals surface area contributed by atoms with Gasteiger partial charge in [-0.25, -0.2) is 0 Å². The average Bonchev–Trinajstić information content (AvgIpc) is 3.33. The van der Waals surface area contributed by atoms with E-state index in [2.05, 4.69) is 28.1 Å². The predicted molar refractivity (Wildman–Crippen MR) is 88.5 cm³/mol. The van der Waals surface area contributed by atoms with Crippen LogP contribution in [-0.2, 0) is 6.54 Å². The highest BCUT2D eigenvalue weighted by Gasteiger charge is 2.33. The number of rotatable bonds is 4. The van der Waals surface area contributed by atoms with Crippen molar-refractivity contribution >= 4 is 33.4 Å². The van der Waals surface area contributed by atoms with Crippen molar-refractivity contribution < 1.29 is 4.79 Å². The predicted octanol–water partition coefficient (Wildman–Crippen LogP) is 4.91. The molecule has 0 heterocycles. The van der Waals surface area contributed by atoms with E-state index < -0.39 is 0 Å². The molecule has 0 atom stereocenters. The Morgan fingerprint density at radius 2 is 1.90 bits per heavy atom. The smallest absolute Gasteiger partial charge is 0.254 e. The van der Waals surface area contributed by atoms with E-state index in [9.17, 15) is 4.79 Å². The maximum atomic E-state index is 12.7. The van der Waals surface area contributed by atoms with Gasteiger partial charge in [-0.1, -0.05) is 41.9 Å². The molecule has 21 heavy (non-hydrogen) atoms. The molecule has 4 heteroatoms. The summed E-state index contributed by atoms with van der Waals surface area (Å²) in [6, 6.07) is 15.8. The molecule has 2 aromatic carbocycles. The molecular formula is C17H15BrClNO. The Morgan fingerprint density at radius 3 is 2.52 bits per heavy atom. The Hall–Kier alpha value is -1.32. The van der Waals surface area contributed by atoms with Gasteiger partial charge in [0.1, 0.15) is 0 Å². The summed E-state index contributed by atoms with van der Waals surface area (Å²) in [7, 11) is 0. The molecule has 108 valence electrons. The second-order valence-electron chi connectivity index (χ2n) is 5.28. The minimum Gasteiger partial charge on any atom is -0.331 e. The molecule has 2 nitrogen and oxygen atoms in total. The van der Waals surface area contributed by atoms with Crippen LogP contribution < -0.4 is 0 Å². The first-order chi connectivity index (χ1) is 10.1. The van der Waals surface area contributed by atoms with E-state index in [0.717, 1.165) is 22.9 Å². The Bertz CT molecular complexity index is 655. The van der Waals surface area contributed by atoms with Crippen LogP contribution >= 0.6 is 27.5 Å². The van der Waals surface area contributed by atoms with E-state index in [-0.39, 0.29) is 5.91 Å². The van der Waals surface area contributed by atoms with Crippen molar-refractivity contribution in [1.82, 2.24) is 4.90 Å². The van der Waals surface area contributed by atoms with Crippen LogP contribution in [0.25, 0.3) is 0 Å². The van der Waals surface area contributed by atoms with Gasteiger partial charge in [-0.2, -0.15) is 0 Å². The fraction of sp³-hybridized carbons (Fsp3) is 0.235. The molecule has 3 rings (SSSR count). The van der Waals surface area contributed by atoms with Crippen molar-refractivity contribution in [2.24, 2.45) is 0 Å². The van der Waals surface area contributed by atoms with Gasteiger partial charge < -0.3 is 4.90 Å². The van der Waals surface area contributed by atoms with Crippen LogP contribution in [-0.4, -0.2) is 16.8 Å². The highest BCUT2D eigenvalue weighted by molar-refractivity contribution is 9.10. The first kappa shape index (κ1) is 14.6. The van der Waals surface area contributed by atoms with Crippen LogP contribution in [0, 0.1) is 0 Å². The number of carbonyl (C=O) groups excluding carboxylic acids is 1. The van der Waals surface area contributed by atoms with E-state index in [0.29, 0.717) is 23.2 Å². The van der Waals surface area contributed by atoms with Gasteiger partial charge in [-0.15, -0.1) is 0 Å². The van der Waals surface area contributed by atoms with Crippen LogP contribution in [0.3, 0.4) is 0 Å². The number of nitrogens with zero attached hydrogens (tertiary/aromatic N) is 1. The second-order valence-corrected chi connectivity index (χ2v) is 6.54. The normalized spacial score (nSPS) is 14.0. The topological polar surface area (TPSA) is 20.3 Å². The minimum atomic E-state index is 0.0516. The fourth-order valence-corrected chi connectivity index (χ4v) is 2.76. The highest BCUT2D eigenvalue weighted by Crippen LogP contribution is 2.31. The Kier molecular flexibility index (Phi) is 4.32. The van der Waals surface area contributed by atoms with Crippen molar-refractivity contribution in [3.05, 3.63) is 69.2 Å². The van der Waals surface area contributed by atoms with Crippen molar-refractivity contribution in [1.29, 1.82) is 0 Å². The Balaban J connectivity index is 1.83. The van der Waals surface area contributed by atoms with Gasteiger partial charge in [0.25, 0.3) is 5.91 Å². The third-order valence-corrected chi connectivity index (χ3v) is 4.84. The second kappa shape index (κ2) is 6.20. The molecule has 0 aromatic heterocycles. The molecule has 0 radical (unpaired) electrons. The molecule has 1 fully saturated rings. The van der Waals surface area contributed by atoms with Gasteiger partial charge in [0.05, 0.1) is 5.02 Å². The van der Waals surface area contributed by atoms with E-state index in [1.807, 2.05) is 35.2 Å². The van der Waals surface area contributed by atoms with Gasteiger partial charge in [0.2, 0.25) is 0 Å². The molecule has 2 aromatic rings. The van der Waals surface area contributed by atoms with Crippen LogP contribution in [0.2, 0.25) is 5.02 Å². The van der Waals surface area contributed by atoms with Gasteiger partial charge in [-0.05, 0) is 52.5 Å². The van der Waals surface area contributed by atoms with E-state index in [1.165, 1.54) is 0 Å². The molecule has 0 unspecified atom stereocenters. The van der Waals surface area contributed by atoms with Gasteiger partial charge >= 0.3 is 0 Å². The maximum Gasteiger partial charge on any atom is 0.254 e. The lowest BCUT2D eigenvalue weighted by molar-refractivity contribution is 0.0730. The largest absolute Gasteiger partial charge is 0.331 e. The standard InChI is InChI=1S/C17H15BrClNO/c18-15-9-6-13(10-16(15)19)17(21)20(14-7-8-14)11-12-4-2-1-3-5-12/h1-6,9-10,14H,7-8,11H2. The summed E-state index contributed by atoms with van der Waals surface area (Å²) in [5.74, 6) is 0.0516. The Labute approximate surface area is 137 Å². The minimum absolute atomic E-state index is 0.0516. The number of halogens is 2. The summed E-state index contributed by atoms with van der Waals surface area (Å²) in [5.41, 5.74) is 1.80. The molecule has 1 aliphatic rings. The van der Waals surface area contributed by atoms with Gasteiger partial charge in [0.15, 0.2) is 0 Å². The molecule has 0 spiro atoms. The van der Waals surface area contributed by atoms with Crippen molar-refractivity contribution in [2.45, 2.75) is 25.4 Å². The monoisotopic (exact) mass is 363 g/mol. The molecule has 1 aliphatic carbocycles. The summed E-state index contributed by atoms with van der Waals surface area (Å²) >= 11 is 9.45. The molecule has 1 saturated carbocycles. The molecule has 1 amide bonds. The molecule has 0 aliphatic heterocycles. The summed E-state index contributed by atoms with van der Waals surface area (Å²) < 4.78 is 0.807. The van der Waals surface area contributed by atoms with E-state index >= 15 is 0 Å². The zero-order chi connectivity index (χ0) is 14.8.